The van der Waals surface area contributed by atoms with Gasteiger partial charge in [0.25, 0.3) is 0 Å². The fraction of sp³-hybridized carbons (Fsp3) is 1.00. The average Bonchev–Trinajstić information content (AvgIpc) is 1.70. The van der Waals surface area contributed by atoms with Gasteiger partial charge in [-0.3, -0.25) is 0 Å². The van der Waals surface area contributed by atoms with Crippen LogP contribution in [0.15, 0.2) is 0 Å². The zero-order valence-corrected chi connectivity index (χ0v) is 9.96. The van der Waals surface area contributed by atoms with Crippen LogP contribution in [0.5, 0.6) is 0 Å². The van der Waals surface area contributed by atoms with E-state index in [1.54, 1.807) is 42.3 Å². The molecule has 0 aliphatic heterocycles. The van der Waals surface area contributed by atoms with E-state index >= 15 is 0 Å². The Morgan fingerprint density at radius 2 is 0.500 bits per heavy atom. The third-order valence-electron chi connectivity index (χ3n) is 0. The topological polar surface area (TPSA) is 42.3 Å². The molecule has 0 bridgehead atoms. The quantitative estimate of drug-likeness (QED) is 0.653. The summed E-state index contributed by atoms with van der Waals surface area (Å²) in [5.41, 5.74) is 0. The molecule has 0 aromatic heterocycles. The maximum absolute atomic E-state index is 3.50. The van der Waals surface area contributed by atoms with Gasteiger partial charge in [0, 0.05) is 0 Å². The number of hydrogen-bond acceptors (Lipinski definition) is 0. The molecule has 3 nitrogen and oxygen atoms in total. The molecule has 0 fully saturated rings. The van der Waals surface area contributed by atoms with E-state index in [1.165, 1.54) is 0 Å². The first kappa shape index (κ1) is 22.5. The Morgan fingerprint density at radius 1 is 0.500 bits per heavy atom. The van der Waals surface area contributed by atoms with Gasteiger partial charge >= 0.3 is 39.9 Å². The molecule has 0 spiro atoms. The Morgan fingerprint density at radius 3 is 0.500 bits per heavy atom. The molecule has 65 valence electrons. The summed E-state index contributed by atoms with van der Waals surface area (Å²) in [7, 11) is 10.5. The molecule has 0 aromatic rings. The minimum atomic E-state index is 0. The van der Waals surface area contributed by atoms with Crippen molar-refractivity contribution in [2.75, 3.05) is 42.3 Å². The Hall–Kier alpha value is 1.20. The molecule has 1 radical (unpaired) electrons. The molecule has 0 aromatic carbocycles. The summed E-state index contributed by atoms with van der Waals surface area (Å²) in [6, 6.07) is 0. The zero-order valence-electron chi connectivity index (χ0n) is 7.70. The third kappa shape index (κ3) is 427. The fourth-order valence-corrected chi connectivity index (χ4v) is 0. The van der Waals surface area contributed by atoms with E-state index in [-0.39, 0.29) is 39.9 Å². The van der Waals surface area contributed by atoms with E-state index in [1.807, 2.05) is 0 Å². The van der Waals surface area contributed by atoms with E-state index in [4.69, 9.17) is 0 Å². The van der Waals surface area contributed by atoms with Crippen LogP contribution in [-0.2, 0) is 0 Å². The van der Waals surface area contributed by atoms with Crippen molar-refractivity contribution in [2.24, 2.45) is 0 Å². The molecule has 0 amide bonds. The second kappa shape index (κ2) is 48.9. The Balaban J connectivity index is -0.0000000257. The van der Waals surface area contributed by atoms with Gasteiger partial charge < -0.3 is 16.0 Å². The molecule has 10 heavy (non-hydrogen) atoms. The van der Waals surface area contributed by atoms with Crippen molar-refractivity contribution in [3.63, 3.8) is 0 Å². The fourth-order valence-electron chi connectivity index (χ4n) is 0. The zero-order chi connectivity index (χ0) is 8.12. The summed E-state index contributed by atoms with van der Waals surface area (Å²) < 4.78 is 0. The van der Waals surface area contributed by atoms with Crippen molar-refractivity contribution in [3.8, 4) is 0 Å². The SMILES string of the molecule is C[N-]C.C[N-]C.C[N-]C.[Gd+3]. The molecule has 0 atom stereocenters. The van der Waals surface area contributed by atoms with Gasteiger partial charge in [-0.25, -0.2) is 0 Å². The second-order valence-corrected chi connectivity index (χ2v) is 1.34. The van der Waals surface area contributed by atoms with Crippen LogP contribution in [0.2, 0.25) is 0 Å². The first-order chi connectivity index (χ1) is 4.24. The van der Waals surface area contributed by atoms with Gasteiger partial charge in [0.05, 0.1) is 0 Å². The van der Waals surface area contributed by atoms with Crippen LogP contribution < -0.4 is 0 Å². The van der Waals surface area contributed by atoms with Gasteiger partial charge in [-0.2, -0.15) is 42.3 Å². The molecule has 4 heteroatoms. The predicted molar refractivity (Wildman–Crippen MR) is 45.6 cm³/mol. The van der Waals surface area contributed by atoms with Crippen molar-refractivity contribution >= 4 is 0 Å². The average molecular weight is 289 g/mol. The Kier molecular flexibility index (Phi) is 110. The minimum absolute atomic E-state index is 0. The van der Waals surface area contributed by atoms with E-state index in [9.17, 15) is 0 Å². The van der Waals surface area contributed by atoms with Gasteiger partial charge in [-0.05, 0) is 0 Å². The predicted octanol–water partition coefficient (Wildman–Crippen LogP) is 1.86. The smallest absolute Gasteiger partial charge is 0.668 e. The standard InChI is InChI=1S/3C2H6N.Gd/c3*1-3-2;/h3*1-2H3;/q3*-1;+3. The van der Waals surface area contributed by atoms with Crippen molar-refractivity contribution in [1.82, 2.24) is 0 Å². The van der Waals surface area contributed by atoms with E-state index in [2.05, 4.69) is 16.0 Å². The number of hydrogen-bond donors (Lipinski definition) is 0. The maximum atomic E-state index is 3.50. The number of nitrogens with zero attached hydrogens (tertiary/aromatic N) is 3. The molecule has 0 rings (SSSR count). The summed E-state index contributed by atoms with van der Waals surface area (Å²) in [4.78, 5) is 0. The monoisotopic (exact) mass is 290 g/mol. The molecule has 0 aliphatic rings. The molecular formula is C6H18GdN3. The minimum Gasteiger partial charge on any atom is -0.668 e. The first-order valence-electron chi connectivity index (χ1n) is 2.68. The van der Waals surface area contributed by atoms with Gasteiger partial charge in [0.15, 0.2) is 0 Å². The normalized spacial score (nSPS) is 5.40. The van der Waals surface area contributed by atoms with Crippen LogP contribution in [0.25, 0.3) is 16.0 Å². The van der Waals surface area contributed by atoms with Crippen LogP contribution in [-0.4, -0.2) is 42.3 Å². The van der Waals surface area contributed by atoms with Gasteiger partial charge in [0.2, 0.25) is 0 Å². The summed E-state index contributed by atoms with van der Waals surface area (Å²) in [6.07, 6.45) is 0. The van der Waals surface area contributed by atoms with E-state index in [0.29, 0.717) is 0 Å². The molecule has 0 heterocycles. The van der Waals surface area contributed by atoms with Crippen molar-refractivity contribution in [1.29, 1.82) is 0 Å². The van der Waals surface area contributed by atoms with Crippen LogP contribution in [0.3, 0.4) is 0 Å². The maximum Gasteiger partial charge on any atom is 3.00 e. The van der Waals surface area contributed by atoms with Crippen LogP contribution in [0.1, 0.15) is 0 Å². The second-order valence-electron chi connectivity index (χ2n) is 1.34. The van der Waals surface area contributed by atoms with Crippen LogP contribution >= 0.6 is 0 Å². The molecular weight excluding hydrogens is 271 g/mol. The van der Waals surface area contributed by atoms with Crippen molar-refractivity contribution in [2.45, 2.75) is 0 Å². The third-order valence-corrected chi connectivity index (χ3v) is 0. The molecule has 0 aliphatic carbocycles. The van der Waals surface area contributed by atoms with Crippen LogP contribution in [0.4, 0.5) is 0 Å². The van der Waals surface area contributed by atoms with Gasteiger partial charge in [0.1, 0.15) is 0 Å². The van der Waals surface area contributed by atoms with Crippen LogP contribution in [0, 0.1) is 39.9 Å². The summed E-state index contributed by atoms with van der Waals surface area (Å²) >= 11 is 0. The largest absolute Gasteiger partial charge is 3.00 e. The molecule has 0 saturated carbocycles. The van der Waals surface area contributed by atoms with Gasteiger partial charge in [-0.15, -0.1) is 0 Å². The van der Waals surface area contributed by atoms with Gasteiger partial charge in [-0.1, -0.05) is 0 Å². The summed E-state index contributed by atoms with van der Waals surface area (Å²) in [6.45, 7) is 0. The van der Waals surface area contributed by atoms with E-state index in [0.717, 1.165) is 0 Å². The number of rotatable bonds is 0. The summed E-state index contributed by atoms with van der Waals surface area (Å²) in [5, 5.41) is 10.5. The van der Waals surface area contributed by atoms with E-state index < -0.39 is 0 Å². The molecule has 0 N–H and O–H groups in total. The van der Waals surface area contributed by atoms with Crippen molar-refractivity contribution in [3.05, 3.63) is 16.0 Å². The molecule has 0 saturated heterocycles. The van der Waals surface area contributed by atoms with Crippen molar-refractivity contribution < 1.29 is 39.9 Å². The molecule has 0 unspecified atom stereocenters. The Bertz CT molecular complexity index is 17.7. The summed E-state index contributed by atoms with van der Waals surface area (Å²) in [5.74, 6) is 0. The first-order valence-corrected chi connectivity index (χ1v) is 2.68. The Labute approximate surface area is 97.4 Å².